The average molecular weight is 261 g/mol. The molecule has 5 aliphatic rings. The minimum absolute atomic E-state index is 0.0876. The second kappa shape index (κ2) is 4.49. The van der Waals surface area contributed by atoms with E-state index in [1.807, 2.05) is 0 Å². The van der Waals surface area contributed by atoms with Crippen LogP contribution in [0.25, 0.3) is 0 Å². The van der Waals surface area contributed by atoms with Gasteiger partial charge in [-0.25, -0.2) is 0 Å². The van der Waals surface area contributed by atoms with E-state index in [4.69, 9.17) is 0 Å². The molecule has 2 nitrogen and oxygen atoms in total. The van der Waals surface area contributed by atoms with E-state index in [2.05, 4.69) is 4.90 Å². The summed E-state index contributed by atoms with van der Waals surface area (Å²) >= 11 is 0. The van der Waals surface area contributed by atoms with Crippen molar-refractivity contribution in [3.05, 3.63) is 0 Å². The van der Waals surface area contributed by atoms with Gasteiger partial charge in [-0.05, 0) is 69.1 Å². The third-order valence-electron chi connectivity index (χ3n) is 6.45. The van der Waals surface area contributed by atoms with Crippen LogP contribution in [0.3, 0.4) is 0 Å². The molecular formula is C17H27NO. The Bertz CT molecular complexity index is 355. The van der Waals surface area contributed by atoms with Gasteiger partial charge in [-0.15, -0.1) is 0 Å². The Morgan fingerprint density at radius 1 is 0.842 bits per heavy atom. The highest BCUT2D eigenvalue weighted by atomic mass is 16.2. The molecule has 0 unspecified atom stereocenters. The Morgan fingerprint density at radius 3 is 2.05 bits per heavy atom. The van der Waals surface area contributed by atoms with Gasteiger partial charge in [0.1, 0.15) is 0 Å². The van der Waals surface area contributed by atoms with Crippen LogP contribution >= 0.6 is 0 Å². The van der Waals surface area contributed by atoms with Crippen LogP contribution in [0, 0.1) is 23.2 Å². The zero-order chi connectivity index (χ0) is 12.9. The summed E-state index contributed by atoms with van der Waals surface area (Å²) in [6.45, 7) is 2.08. The zero-order valence-electron chi connectivity index (χ0n) is 12.1. The van der Waals surface area contributed by atoms with Crippen molar-refractivity contribution in [2.45, 2.75) is 64.2 Å². The van der Waals surface area contributed by atoms with Crippen LogP contribution in [0.2, 0.25) is 0 Å². The standard InChI is InChI=1S/C17H27NO/c19-16(18-6-2-1-3-7-18)17-10-13-4-5-14(11-17)9-15(8-13)12-17/h13-15H,1-12H2/t13-,14-,15?,17?/m0/s1. The van der Waals surface area contributed by atoms with E-state index < -0.39 is 0 Å². The first kappa shape index (κ1) is 12.2. The lowest BCUT2D eigenvalue weighted by molar-refractivity contribution is -0.151. The Labute approximate surface area is 116 Å². The van der Waals surface area contributed by atoms with Crippen LogP contribution in [-0.4, -0.2) is 23.9 Å². The van der Waals surface area contributed by atoms with Crippen molar-refractivity contribution in [3.8, 4) is 0 Å². The predicted octanol–water partition coefficient (Wildman–Crippen LogP) is 3.61. The predicted molar refractivity (Wildman–Crippen MR) is 75.7 cm³/mol. The van der Waals surface area contributed by atoms with Crippen molar-refractivity contribution in [1.29, 1.82) is 0 Å². The molecule has 5 rings (SSSR count). The molecule has 2 heteroatoms. The topological polar surface area (TPSA) is 20.3 Å². The van der Waals surface area contributed by atoms with Crippen molar-refractivity contribution >= 4 is 5.91 Å². The van der Waals surface area contributed by atoms with E-state index in [0.717, 1.165) is 30.8 Å². The fourth-order valence-electron chi connectivity index (χ4n) is 5.89. The molecule has 4 aliphatic carbocycles. The molecule has 2 atom stereocenters. The summed E-state index contributed by atoms with van der Waals surface area (Å²) in [6.07, 6.45) is 13.2. The summed E-state index contributed by atoms with van der Waals surface area (Å²) in [5, 5.41) is 0. The summed E-state index contributed by atoms with van der Waals surface area (Å²) in [5.74, 6) is 3.20. The molecule has 0 aromatic carbocycles. The Morgan fingerprint density at radius 2 is 1.42 bits per heavy atom. The Hall–Kier alpha value is -0.530. The number of carbonyl (C=O) groups is 1. The quantitative estimate of drug-likeness (QED) is 0.706. The van der Waals surface area contributed by atoms with Gasteiger partial charge in [0, 0.05) is 13.1 Å². The summed E-state index contributed by atoms with van der Waals surface area (Å²) < 4.78 is 0. The van der Waals surface area contributed by atoms with E-state index in [9.17, 15) is 4.79 Å². The van der Waals surface area contributed by atoms with Crippen molar-refractivity contribution < 1.29 is 4.79 Å². The Balaban J connectivity index is 1.59. The SMILES string of the molecule is O=C(N1CCCCC1)C12CC3C[C@H](CC[C@@H](C3)C1)C2. The Kier molecular flexibility index (Phi) is 2.89. The molecule has 0 N–H and O–H groups in total. The first-order valence-electron chi connectivity index (χ1n) is 8.55. The fourth-order valence-corrected chi connectivity index (χ4v) is 5.89. The summed E-state index contributed by atoms with van der Waals surface area (Å²) in [7, 11) is 0. The first-order chi connectivity index (χ1) is 9.25. The van der Waals surface area contributed by atoms with Gasteiger partial charge in [-0.3, -0.25) is 4.79 Å². The lowest BCUT2D eigenvalue weighted by Gasteiger charge is -2.49. The number of rotatable bonds is 1. The molecule has 0 radical (unpaired) electrons. The van der Waals surface area contributed by atoms with Crippen molar-refractivity contribution in [3.63, 3.8) is 0 Å². The lowest BCUT2D eigenvalue weighted by atomic mass is 9.58. The highest BCUT2D eigenvalue weighted by molar-refractivity contribution is 5.83. The molecule has 5 fully saturated rings. The molecule has 19 heavy (non-hydrogen) atoms. The number of piperidine rings is 1. The molecule has 1 heterocycles. The van der Waals surface area contributed by atoms with E-state index in [1.165, 1.54) is 64.2 Å². The molecule has 1 amide bonds. The maximum Gasteiger partial charge on any atom is 0.228 e. The van der Waals surface area contributed by atoms with Gasteiger partial charge in [0.2, 0.25) is 5.91 Å². The zero-order valence-corrected chi connectivity index (χ0v) is 12.1. The fraction of sp³-hybridized carbons (Fsp3) is 0.941. The summed E-state index contributed by atoms with van der Waals surface area (Å²) in [4.78, 5) is 15.4. The maximum absolute atomic E-state index is 13.1. The van der Waals surface area contributed by atoms with Crippen molar-refractivity contribution in [2.24, 2.45) is 23.2 Å². The molecule has 1 saturated heterocycles. The maximum atomic E-state index is 13.1. The number of amides is 1. The second-order valence-electron chi connectivity index (χ2n) is 7.89. The normalized spacial score (nSPS) is 45.3. The van der Waals surface area contributed by atoms with Crippen molar-refractivity contribution in [2.75, 3.05) is 13.1 Å². The molecule has 4 bridgehead atoms. The van der Waals surface area contributed by atoms with Gasteiger partial charge in [-0.1, -0.05) is 12.8 Å². The van der Waals surface area contributed by atoms with E-state index in [1.54, 1.807) is 0 Å². The lowest BCUT2D eigenvalue weighted by Crippen LogP contribution is -2.51. The van der Waals surface area contributed by atoms with Gasteiger partial charge in [0.25, 0.3) is 0 Å². The molecule has 4 saturated carbocycles. The largest absolute Gasteiger partial charge is 0.342 e. The van der Waals surface area contributed by atoms with Crippen LogP contribution in [0.1, 0.15) is 64.2 Å². The average Bonchev–Trinajstić information content (AvgIpc) is 2.65. The monoisotopic (exact) mass is 261 g/mol. The third kappa shape index (κ3) is 2.02. The molecule has 106 valence electrons. The van der Waals surface area contributed by atoms with Crippen LogP contribution in [0.15, 0.2) is 0 Å². The van der Waals surface area contributed by atoms with Gasteiger partial charge in [0.15, 0.2) is 0 Å². The minimum atomic E-state index is 0.0876. The van der Waals surface area contributed by atoms with Gasteiger partial charge in [0.05, 0.1) is 5.41 Å². The smallest absolute Gasteiger partial charge is 0.228 e. The third-order valence-corrected chi connectivity index (χ3v) is 6.45. The minimum Gasteiger partial charge on any atom is -0.342 e. The molecule has 1 aliphatic heterocycles. The highest BCUT2D eigenvalue weighted by Gasteiger charge is 2.53. The van der Waals surface area contributed by atoms with Crippen LogP contribution < -0.4 is 0 Å². The summed E-state index contributed by atoms with van der Waals surface area (Å²) in [6, 6.07) is 0. The van der Waals surface area contributed by atoms with E-state index in [0.29, 0.717) is 5.91 Å². The van der Waals surface area contributed by atoms with Crippen molar-refractivity contribution in [1.82, 2.24) is 4.90 Å². The van der Waals surface area contributed by atoms with Crippen LogP contribution in [-0.2, 0) is 4.79 Å². The van der Waals surface area contributed by atoms with Gasteiger partial charge < -0.3 is 4.90 Å². The molecule has 0 aromatic heterocycles. The van der Waals surface area contributed by atoms with Crippen LogP contribution in [0.5, 0.6) is 0 Å². The van der Waals surface area contributed by atoms with Gasteiger partial charge >= 0.3 is 0 Å². The first-order valence-corrected chi connectivity index (χ1v) is 8.55. The van der Waals surface area contributed by atoms with Gasteiger partial charge in [-0.2, -0.15) is 0 Å². The number of likely N-dealkylation sites (tertiary alicyclic amines) is 1. The number of fused-ring (bicyclic) bond motifs is 1. The number of nitrogens with zero attached hydrogens (tertiary/aromatic N) is 1. The number of hydrogen-bond donors (Lipinski definition) is 0. The van der Waals surface area contributed by atoms with E-state index in [-0.39, 0.29) is 5.41 Å². The second-order valence-corrected chi connectivity index (χ2v) is 7.89. The van der Waals surface area contributed by atoms with Crippen LogP contribution in [0.4, 0.5) is 0 Å². The summed E-state index contributed by atoms with van der Waals surface area (Å²) in [5.41, 5.74) is 0.0876. The number of carbonyl (C=O) groups excluding carboxylic acids is 1. The number of hydrogen-bond acceptors (Lipinski definition) is 1. The molecule has 0 spiro atoms. The highest BCUT2D eigenvalue weighted by Crippen LogP contribution is 2.58. The molecular weight excluding hydrogens is 234 g/mol. The van der Waals surface area contributed by atoms with E-state index >= 15 is 0 Å². The molecule has 0 aromatic rings.